The Balaban J connectivity index is 1.46. The van der Waals surface area contributed by atoms with Crippen LogP contribution in [0.1, 0.15) is 24.8 Å². The van der Waals surface area contributed by atoms with Crippen LogP contribution in [0.2, 0.25) is 0 Å². The molecule has 4 heteroatoms. The fraction of sp³-hybridized carbons (Fsp3) is 0.526. The lowest BCUT2D eigenvalue weighted by Gasteiger charge is -2.26. The van der Waals surface area contributed by atoms with Crippen molar-refractivity contribution in [1.82, 2.24) is 4.90 Å². The predicted molar refractivity (Wildman–Crippen MR) is 92.5 cm³/mol. The average molecular weight is 314 g/mol. The van der Waals surface area contributed by atoms with E-state index in [-0.39, 0.29) is 11.8 Å². The lowest BCUT2D eigenvalue weighted by molar-refractivity contribution is -0.120. The molecule has 0 spiro atoms. The van der Waals surface area contributed by atoms with Crippen molar-refractivity contribution in [3.8, 4) is 0 Å². The minimum Gasteiger partial charge on any atom is -0.379 e. The van der Waals surface area contributed by atoms with Crippen LogP contribution >= 0.6 is 0 Å². The molecule has 2 aliphatic rings. The molecule has 0 unspecified atom stereocenters. The first-order valence-electron chi connectivity index (χ1n) is 8.66. The summed E-state index contributed by atoms with van der Waals surface area (Å²) in [6.07, 6.45) is 8.15. The van der Waals surface area contributed by atoms with Gasteiger partial charge in [0.25, 0.3) is 0 Å². The number of nitrogens with one attached hydrogen (secondary N) is 1. The first-order valence-corrected chi connectivity index (χ1v) is 8.66. The molecule has 1 aromatic rings. The first-order chi connectivity index (χ1) is 11.3. The highest BCUT2D eigenvalue weighted by molar-refractivity contribution is 5.92. The molecular weight excluding hydrogens is 288 g/mol. The third-order valence-corrected chi connectivity index (χ3v) is 4.68. The van der Waals surface area contributed by atoms with Gasteiger partial charge in [0.1, 0.15) is 0 Å². The number of ether oxygens (including phenoxy) is 1. The van der Waals surface area contributed by atoms with E-state index in [4.69, 9.17) is 4.74 Å². The number of carbonyl (C=O) groups excluding carboxylic acids is 1. The monoisotopic (exact) mass is 314 g/mol. The fourth-order valence-electron chi connectivity index (χ4n) is 3.14. The fourth-order valence-corrected chi connectivity index (χ4v) is 3.14. The van der Waals surface area contributed by atoms with Crippen LogP contribution in [0.25, 0.3) is 0 Å². The molecule has 0 bridgehead atoms. The van der Waals surface area contributed by atoms with Crippen molar-refractivity contribution in [3.63, 3.8) is 0 Å². The van der Waals surface area contributed by atoms with Gasteiger partial charge in [-0.3, -0.25) is 9.69 Å². The highest BCUT2D eigenvalue weighted by atomic mass is 16.5. The second kappa shape index (κ2) is 8.27. The molecule has 1 aliphatic heterocycles. The number of amides is 1. The van der Waals surface area contributed by atoms with Gasteiger partial charge in [-0.05, 0) is 43.4 Å². The molecule has 1 atom stereocenters. The Labute approximate surface area is 138 Å². The van der Waals surface area contributed by atoms with Crippen molar-refractivity contribution < 1.29 is 9.53 Å². The van der Waals surface area contributed by atoms with Crippen LogP contribution in [-0.4, -0.2) is 43.7 Å². The molecule has 0 aromatic heterocycles. The Morgan fingerprint density at radius 2 is 1.96 bits per heavy atom. The number of allylic oxidation sites excluding steroid dienone is 2. The van der Waals surface area contributed by atoms with Crippen LogP contribution in [0.15, 0.2) is 36.4 Å². The molecule has 23 heavy (non-hydrogen) atoms. The molecule has 1 aliphatic carbocycles. The van der Waals surface area contributed by atoms with E-state index in [0.717, 1.165) is 64.2 Å². The Hall–Kier alpha value is -1.65. The number of hydrogen-bond donors (Lipinski definition) is 1. The predicted octanol–water partition coefficient (Wildman–Crippen LogP) is 2.86. The number of carbonyl (C=O) groups is 1. The van der Waals surface area contributed by atoms with Gasteiger partial charge in [0.2, 0.25) is 5.91 Å². The second-order valence-corrected chi connectivity index (χ2v) is 6.37. The van der Waals surface area contributed by atoms with Crippen LogP contribution in [0.5, 0.6) is 0 Å². The summed E-state index contributed by atoms with van der Waals surface area (Å²) in [7, 11) is 0. The third-order valence-electron chi connectivity index (χ3n) is 4.68. The molecule has 1 N–H and O–H groups in total. The maximum absolute atomic E-state index is 12.2. The highest BCUT2D eigenvalue weighted by Crippen LogP contribution is 2.20. The summed E-state index contributed by atoms with van der Waals surface area (Å²) in [4.78, 5) is 14.7. The maximum atomic E-state index is 12.2. The van der Waals surface area contributed by atoms with Crippen LogP contribution in [0.3, 0.4) is 0 Å². The van der Waals surface area contributed by atoms with Gasteiger partial charge in [0.05, 0.1) is 13.2 Å². The molecule has 1 fully saturated rings. The van der Waals surface area contributed by atoms with Crippen LogP contribution in [-0.2, 0) is 16.0 Å². The summed E-state index contributed by atoms with van der Waals surface area (Å²) in [6.45, 7) is 4.83. The van der Waals surface area contributed by atoms with Gasteiger partial charge in [-0.15, -0.1) is 0 Å². The molecule has 0 saturated carbocycles. The Kier molecular flexibility index (Phi) is 5.83. The quantitative estimate of drug-likeness (QED) is 0.850. The SMILES string of the molecule is O=C(Nc1ccc(CCN2CCOCC2)cc1)[C@H]1CC=CCC1. The summed E-state index contributed by atoms with van der Waals surface area (Å²) in [5.41, 5.74) is 2.22. The average Bonchev–Trinajstić information content (AvgIpc) is 2.63. The smallest absolute Gasteiger partial charge is 0.227 e. The van der Waals surface area contributed by atoms with Gasteiger partial charge in [0.15, 0.2) is 0 Å². The largest absolute Gasteiger partial charge is 0.379 e. The zero-order chi connectivity index (χ0) is 15.9. The van der Waals surface area contributed by atoms with Gasteiger partial charge in [-0.25, -0.2) is 0 Å². The molecule has 1 amide bonds. The second-order valence-electron chi connectivity index (χ2n) is 6.37. The molecule has 1 heterocycles. The van der Waals surface area contributed by atoms with Crippen LogP contribution in [0.4, 0.5) is 5.69 Å². The van der Waals surface area contributed by atoms with Crippen molar-refractivity contribution >= 4 is 11.6 Å². The Bertz CT molecular complexity index is 533. The van der Waals surface area contributed by atoms with Crippen molar-refractivity contribution in [3.05, 3.63) is 42.0 Å². The molecule has 124 valence electrons. The number of rotatable bonds is 5. The Morgan fingerprint density at radius 3 is 2.65 bits per heavy atom. The van der Waals surface area contributed by atoms with E-state index in [2.05, 4.69) is 34.5 Å². The first kappa shape index (κ1) is 16.2. The van der Waals surface area contributed by atoms with Gasteiger partial charge in [-0.1, -0.05) is 24.3 Å². The molecule has 0 radical (unpaired) electrons. The number of anilines is 1. The van der Waals surface area contributed by atoms with E-state index in [1.165, 1.54) is 5.56 Å². The molecule has 3 rings (SSSR count). The molecule has 1 saturated heterocycles. The summed E-state index contributed by atoms with van der Waals surface area (Å²) in [6, 6.07) is 8.28. The lowest BCUT2D eigenvalue weighted by Crippen LogP contribution is -2.37. The van der Waals surface area contributed by atoms with Crippen LogP contribution in [0, 0.1) is 5.92 Å². The maximum Gasteiger partial charge on any atom is 0.227 e. The lowest BCUT2D eigenvalue weighted by atomic mass is 9.93. The summed E-state index contributed by atoms with van der Waals surface area (Å²) in [5, 5.41) is 3.04. The number of nitrogens with zero attached hydrogens (tertiary/aromatic N) is 1. The van der Waals surface area contributed by atoms with Gasteiger partial charge >= 0.3 is 0 Å². The van der Waals surface area contributed by atoms with Crippen LogP contribution < -0.4 is 5.32 Å². The highest BCUT2D eigenvalue weighted by Gasteiger charge is 2.18. The normalized spacial score (nSPS) is 22.0. The van der Waals surface area contributed by atoms with E-state index in [9.17, 15) is 4.79 Å². The van der Waals surface area contributed by atoms with E-state index >= 15 is 0 Å². The van der Waals surface area contributed by atoms with Crippen molar-refractivity contribution in [1.29, 1.82) is 0 Å². The zero-order valence-electron chi connectivity index (χ0n) is 13.7. The summed E-state index contributed by atoms with van der Waals surface area (Å²) >= 11 is 0. The molecule has 4 nitrogen and oxygen atoms in total. The molecule has 1 aromatic carbocycles. The van der Waals surface area contributed by atoms with Crippen molar-refractivity contribution in [2.75, 3.05) is 38.2 Å². The standard InChI is InChI=1S/C19H26N2O2/c22-19(17-4-2-1-3-5-17)20-18-8-6-16(7-9-18)10-11-21-12-14-23-15-13-21/h1-2,6-9,17H,3-5,10-15H2,(H,20,22)/t17-/m0/s1. The van der Waals surface area contributed by atoms with E-state index < -0.39 is 0 Å². The van der Waals surface area contributed by atoms with E-state index in [0.29, 0.717) is 0 Å². The van der Waals surface area contributed by atoms with Crippen molar-refractivity contribution in [2.45, 2.75) is 25.7 Å². The molecular formula is C19H26N2O2. The van der Waals surface area contributed by atoms with Gasteiger partial charge in [-0.2, -0.15) is 0 Å². The number of morpholine rings is 1. The number of benzene rings is 1. The third kappa shape index (κ3) is 4.91. The Morgan fingerprint density at radius 1 is 1.17 bits per heavy atom. The van der Waals surface area contributed by atoms with Gasteiger partial charge in [0, 0.05) is 31.2 Å². The van der Waals surface area contributed by atoms with E-state index in [1.807, 2.05) is 12.1 Å². The van der Waals surface area contributed by atoms with Gasteiger partial charge < -0.3 is 10.1 Å². The minimum atomic E-state index is 0.126. The zero-order valence-corrected chi connectivity index (χ0v) is 13.7. The topological polar surface area (TPSA) is 41.6 Å². The summed E-state index contributed by atoms with van der Waals surface area (Å²) in [5.74, 6) is 0.274. The minimum absolute atomic E-state index is 0.126. The number of hydrogen-bond acceptors (Lipinski definition) is 3. The summed E-state index contributed by atoms with van der Waals surface area (Å²) < 4.78 is 5.37. The van der Waals surface area contributed by atoms with E-state index in [1.54, 1.807) is 0 Å². The van der Waals surface area contributed by atoms with Crippen molar-refractivity contribution in [2.24, 2.45) is 5.92 Å².